The Kier molecular flexibility index (Phi) is 22.4. The fourth-order valence-corrected chi connectivity index (χ4v) is 16.0. The van der Waals surface area contributed by atoms with E-state index in [1.807, 2.05) is 56.2 Å². The number of nitrogens with zero attached hydrogens (tertiary/aromatic N) is 2. The van der Waals surface area contributed by atoms with Crippen molar-refractivity contribution in [2.24, 2.45) is 0 Å². The highest BCUT2D eigenvalue weighted by atomic mass is 32.2. The summed E-state index contributed by atoms with van der Waals surface area (Å²) in [5.74, 6) is 0.733. The molecule has 5 N–H and O–H groups in total. The van der Waals surface area contributed by atoms with Crippen LogP contribution in [0.1, 0.15) is 71.4 Å². The summed E-state index contributed by atoms with van der Waals surface area (Å²) in [6.45, 7) is 11.9. The molecule has 2 aliphatic rings. The molecule has 0 fully saturated rings. The van der Waals surface area contributed by atoms with Crippen molar-refractivity contribution < 1.29 is 103 Å². The molecule has 0 spiro atoms. The van der Waals surface area contributed by atoms with Crippen molar-refractivity contribution in [3.63, 3.8) is 0 Å². The molecule has 0 radical (unpaired) electrons. The largest absolute Gasteiger partial charge is 0.496 e. The molecule has 538 valence electrons. The first kappa shape index (κ1) is 75.0. The van der Waals surface area contributed by atoms with E-state index in [1.165, 1.54) is 63.8 Å². The summed E-state index contributed by atoms with van der Waals surface area (Å²) in [5.41, 5.74) is 1.96. The molecule has 2 aliphatic heterocycles. The SMILES string of the molecule is CCN1C(=CC=CC=CC2=[N+](CCCCCC(=O)NCCOCCOCCOCCOc3cc(F)cc(-c4cc(=O)c5cc(OC)c6c(OC)ccc(OC)c6c5o4)c3)c3ccc4c(S(=O)(=O)O)cc(S(=O)(=O)O)cc4c3C2(C)C)C(C)(C)c2c1ccc1c(S(=O)(=O)O)cc(S(=O)(=O)O)cc21. The van der Waals surface area contributed by atoms with Gasteiger partial charge >= 0.3 is 0 Å². The zero-order valence-electron chi connectivity index (χ0n) is 56.5. The smallest absolute Gasteiger partial charge is 0.295 e. The molecule has 0 saturated heterocycles. The standard InChI is InChI=1S/C71H76FN3O22S4/c1-9-74-53-21-19-48-50(37-46(98(78,79)80)39-60(48)100(84,85)86)67(53)70(2,3)62(74)16-12-10-13-17-63-71(4,5)68-51-38-47(99(81,82)83)40-61(101(87,88)89)49(51)20-22-54(68)75(63)26-15-11-14-18-64(77)73-25-27-93-28-29-94-30-31-95-32-33-96-45-35-43(34-44(72)36-45)58-42-55(76)52-41-59(92-8)65-56(90-6)23-24-57(91-7)66(65)69(52)97-58/h10,12-13,16-17,19-24,34-42H,9,11,14-15,18,25-33H2,1-8H3,(H4-,73,77,78,79,80,81,82,83,84,85,86,87,88,89)/p+1. The normalized spacial score (nSPS) is 15.1. The van der Waals surface area contributed by atoms with Gasteiger partial charge in [-0.05, 0) is 123 Å². The molecule has 25 nitrogen and oxygen atoms in total. The first-order chi connectivity index (χ1) is 47.7. The zero-order chi connectivity index (χ0) is 73.1. The average Bonchev–Trinajstić information content (AvgIpc) is 1.61. The molecule has 0 saturated carbocycles. The molecule has 101 heavy (non-hydrogen) atoms. The number of methoxy groups -OCH3 is 3. The van der Waals surface area contributed by atoms with E-state index >= 15 is 4.39 Å². The number of likely N-dealkylation sites (N-methyl/N-ethyl adjacent to an activating group) is 1. The molecule has 8 aromatic rings. The summed E-state index contributed by atoms with van der Waals surface area (Å²) in [5, 5.41) is 4.49. The van der Waals surface area contributed by atoms with E-state index in [2.05, 4.69) is 5.32 Å². The number of ether oxygens (including phenoxy) is 7. The number of nitrogens with one attached hydrogen (secondary N) is 1. The molecule has 1 aromatic heterocycles. The van der Waals surface area contributed by atoms with Crippen molar-refractivity contribution in [3.8, 4) is 34.3 Å². The first-order valence-electron chi connectivity index (χ1n) is 32.0. The summed E-state index contributed by atoms with van der Waals surface area (Å²) in [6, 6.07) is 20.3. The van der Waals surface area contributed by atoms with Crippen molar-refractivity contribution in [2.75, 3.05) is 92.1 Å². The lowest BCUT2D eigenvalue weighted by Gasteiger charge is -2.26. The number of unbranched alkanes of at least 4 members (excludes halogenated alkanes) is 2. The Bertz CT molecular complexity index is 5280. The number of halogens is 1. The van der Waals surface area contributed by atoms with Crippen molar-refractivity contribution in [2.45, 2.75) is 90.7 Å². The van der Waals surface area contributed by atoms with E-state index in [1.54, 1.807) is 54.6 Å². The third-order valence-corrected chi connectivity index (χ3v) is 21.2. The van der Waals surface area contributed by atoms with Gasteiger partial charge in [-0.25, -0.2) is 4.39 Å². The third-order valence-electron chi connectivity index (χ3n) is 17.8. The van der Waals surface area contributed by atoms with Gasteiger partial charge in [-0.2, -0.15) is 38.2 Å². The summed E-state index contributed by atoms with van der Waals surface area (Å²) >= 11 is 0. The van der Waals surface area contributed by atoms with E-state index in [-0.39, 0.29) is 120 Å². The number of amides is 1. The molecule has 0 bridgehead atoms. The van der Waals surface area contributed by atoms with Gasteiger partial charge in [0, 0.05) is 88.9 Å². The topological polar surface area (TPSA) is 348 Å². The highest BCUT2D eigenvalue weighted by Gasteiger charge is 2.47. The monoisotopic (exact) mass is 1470 g/mol. The predicted octanol–water partition coefficient (Wildman–Crippen LogP) is 11.1. The number of hydrogen-bond acceptors (Lipinski definition) is 19. The molecule has 0 unspecified atom stereocenters. The van der Waals surface area contributed by atoms with Crippen LogP contribution in [-0.4, -0.2) is 155 Å². The number of hydrogen-bond donors (Lipinski definition) is 5. The van der Waals surface area contributed by atoms with Gasteiger partial charge in [-0.15, -0.1) is 0 Å². The van der Waals surface area contributed by atoms with E-state index in [4.69, 9.17) is 37.6 Å². The molecule has 30 heteroatoms. The Hall–Kier alpha value is -8.66. The number of benzene rings is 7. The van der Waals surface area contributed by atoms with Crippen LogP contribution in [0.2, 0.25) is 0 Å². The number of carbonyl (C=O) groups excluding carboxylic acids is 1. The van der Waals surface area contributed by atoms with Crippen LogP contribution in [-0.2, 0) is 70.3 Å². The van der Waals surface area contributed by atoms with Gasteiger partial charge in [0.2, 0.25) is 11.6 Å². The minimum Gasteiger partial charge on any atom is -0.496 e. The number of rotatable bonds is 31. The minimum absolute atomic E-state index is 0.0222. The van der Waals surface area contributed by atoms with Gasteiger partial charge in [-0.1, -0.05) is 38.1 Å². The van der Waals surface area contributed by atoms with E-state index in [0.29, 0.717) is 101 Å². The second-order valence-corrected chi connectivity index (χ2v) is 30.5. The summed E-state index contributed by atoms with van der Waals surface area (Å²) in [7, 11) is -15.4. The maximum atomic E-state index is 15.0. The fraction of sp³-hybridized carbons (Fsp3) is 0.338. The van der Waals surface area contributed by atoms with Crippen LogP contribution < -0.4 is 34.6 Å². The second-order valence-electron chi connectivity index (χ2n) is 24.9. The van der Waals surface area contributed by atoms with Gasteiger partial charge in [0.25, 0.3) is 40.5 Å². The van der Waals surface area contributed by atoms with E-state index in [0.717, 1.165) is 5.70 Å². The van der Waals surface area contributed by atoms with Gasteiger partial charge in [-0.3, -0.25) is 27.8 Å². The van der Waals surface area contributed by atoms with Crippen LogP contribution in [0.5, 0.6) is 23.0 Å². The number of carbonyl (C=O) groups is 1. The Balaban J connectivity index is 0.712. The molecule has 0 aliphatic carbocycles. The average molecular weight is 1470 g/mol. The van der Waals surface area contributed by atoms with Crippen LogP contribution in [0.25, 0.3) is 54.6 Å². The van der Waals surface area contributed by atoms with Crippen LogP contribution in [0.4, 0.5) is 15.8 Å². The maximum Gasteiger partial charge on any atom is 0.295 e. The number of anilines is 1. The highest BCUT2D eigenvalue weighted by molar-refractivity contribution is 7.87. The molecule has 0 atom stereocenters. The van der Waals surface area contributed by atoms with Crippen molar-refractivity contribution in [1.29, 1.82) is 0 Å². The lowest BCUT2D eigenvalue weighted by molar-refractivity contribution is -0.438. The van der Waals surface area contributed by atoms with Crippen LogP contribution in [0.15, 0.2) is 156 Å². The molecular weight excluding hydrogens is 1390 g/mol. The highest BCUT2D eigenvalue weighted by Crippen LogP contribution is 2.52. The Morgan fingerprint density at radius 1 is 0.604 bits per heavy atom. The molecule has 10 rings (SSSR count). The Morgan fingerprint density at radius 2 is 1.19 bits per heavy atom. The fourth-order valence-electron chi connectivity index (χ4n) is 13.3. The van der Waals surface area contributed by atoms with E-state index in [9.17, 15) is 61.5 Å². The number of fused-ring (bicyclic) bond motifs is 9. The van der Waals surface area contributed by atoms with Crippen LogP contribution in [0.3, 0.4) is 0 Å². The van der Waals surface area contributed by atoms with Gasteiger partial charge in [0.1, 0.15) is 57.5 Å². The Morgan fingerprint density at radius 3 is 1.78 bits per heavy atom. The second kappa shape index (κ2) is 30.1. The van der Waals surface area contributed by atoms with Crippen molar-refractivity contribution >= 4 is 107 Å². The summed E-state index contributed by atoms with van der Waals surface area (Å²) < 4.78 is 204. The summed E-state index contributed by atoms with van der Waals surface area (Å²) in [4.78, 5) is 25.6. The van der Waals surface area contributed by atoms with Crippen molar-refractivity contribution in [1.82, 2.24) is 5.32 Å². The third kappa shape index (κ3) is 15.9. The van der Waals surface area contributed by atoms with Crippen LogP contribution >= 0.6 is 0 Å². The number of allylic oxidation sites excluding steroid dienone is 6. The van der Waals surface area contributed by atoms with Gasteiger partial charge in [0.15, 0.2) is 16.7 Å². The quantitative estimate of drug-likeness (QED) is 0.00886. The first-order valence-corrected chi connectivity index (χ1v) is 37.7. The maximum absolute atomic E-state index is 15.0. The van der Waals surface area contributed by atoms with Gasteiger partial charge in [0.05, 0.1) is 92.3 Å². The Labute approximate surface area is 583 Å². The molecule has 7 aromatic carbocycles. The molecule has 1 amide bonds. The molecule has 3 heterocycles. The zero-order valence-corrected chi connectivity index (χ0v) is 59.8. The minimum atomic E-state index is -5.01. The van der Waals surface area contributed by atoms with Crippen molar-refractivity contribution in [3.05, 3.63) is 154 Å². The van der Waals surface area contributed by atoms with Crippen LogP contribution in [0, 0.1) is 5.82 Å². The summed E-state index contributed by atoms with van der Waals surface area (Å²) in [6.07, 6.45) is 10.9. The molecular formula is C71H77FN3O22S4+. The lowest BCUT2D eigenvalue weighted by Crippen LogP contribution is -2.28. The van der Waals surface area contributed by atoms with Gasteiger partial charge < -0.3 is 47.8 Å². The van der Waals surface area contributed by atoms with E-state index < -0.39 is 76.7 Å². The lowest BCUT2D eigenvalue weighted by atomic mass is 9.79. The predicted molar refractivity (Wildman–Crippen MR) is 377 cm³/mol.